The van der Waals surface area contributed by atoms with Crippen LogP contribution in [-0.2, 0) is 0 Å². The number of fused-ring (bicyclic) bond motifs is 7. The smallest absolute Gasteiger partial charge is 0.238 e. The Hall–Kier alpha value is -7.25. The maximum absolute atomic E-state index is 6.57. The lowest BCUT2D eigenvalue weighted by molar-refractivity contribution is 0.446. The second-order valence-electron chi connectivity index (χ2n) is 12.9. The molecule has 4 heterocycles. The number of ether oxygens (including phenoxy) is 2. The molecule has 2 aliphatic rings. The number of aromatic nitrogens is 4. The molecule has 244 valence electrons. The van der Waals surface area contributed by atoms with E-state index in [0.717, 1.165) is 84.1 Å². The van der Waals surface area contributed by atoms with Gasteiger partial charge >= 0.3 is 0 Å². The van der Waals surface area contributed by atoms with E-state index in [0.29, 0.717) is 17.6 Å². The molecular formula is C45H27N5O2. The lowest BCUT2D eigenvalue weighted by atomic mass is 10.0. The van der Waals surface area contributed by atoms with E-state index >= 15 is 0 Å². The van der Waals surface area contributed by atoms with Gasteiger partial charge in [-0.2, -0.15) is 9.97 Å². The van der Waals surface area contributed by atoms with Crippen molar-refractivity contribution in [2.75, 3.05) is 4.90 Å². The Bertz CT molecular complexity index is 2810. The molecule has 0 N–H and O–H groups in total. The lowest BCUT2D eigenvalue weighted by Crippen LogP contribution is -2.20. The number of hydrogen-bond acceptors (Lipinski definition) is 6. The van der Waals surface area contributed by atoms with E-state index in [1.807, 2.05) is 97.1 Å². The highest BCUT2D eigenvalue weighted by Gasteiger charge is 2.34. The van der Waals surface area contributed by atoms with Gasteiger partial charge in [-0.1, -0.05) is 109 Å². The van der Waals surface area contributed by atoms with E-state index in [1.165, 1.54) is 0 Å². The van der Waals surface area contributed by atoms with Crippen molar-refractivity contribution in [2.45, 2.75) is 0 Å². The minimum Gasteiger partial charge on any atom is -0.453 e. The number of anilines is 3. The van der Waals surface area contributed by atoms with Gasteiger partial charge in [-0.15, -0.1) is 0 Å². The van der Waals surface area contributed by atoms with Crippen LogP contribution >= 0.6 is 0 Å². The first-order valence-corrected chi connectivity index (χ1v) is 17.2. The largest absolute Gasteiger partial charge is 0.453 e. The summed E-state index contributed by atoms with van der Waals surface area (Å²) >= 11 is 0. The molecule has 2 aliphatic heterocycles. The van der Waals surface area contributed by atoms with E-state index in [4.69, 9.17) is 24.4 Å². The SMILES string of the molecule is c1ccc(-c2nc(-c3ccccc3)nc(-n3c4ccccc4c4cc(-c5ccc6c(c5)Oc5cccc7c5N6c5ccccc5O7)ccc43)n2)cc1. The van der Waals surface area contributed by atoms with Gasteiger partial charge in [0.2, 0.25) is 5.95 Å². The fourth-order valence-electron chi connectivity index (χ4n) is 7.45. The summed E-state index contributed by atoms with van der Waals surface area (Å²) in [5.74, 6) is 4.95. The third kappa shape index (κ3) is 4.36. The lowest BCUT2D eigenvalue weighted by Gasteiger charge is -2.37. The first-order chi connectivity index (χ1) is 25.8. The second kappa shape index (κ2) is 11.1. The van der Waals surface area contributed by atoms with Crippen molar-refractivity contribution in [2.24, 2.45) is 0 Å². The van der Waals surface area contributed by atoms with Gasteiger partial charge in [0, 0.05) is 21.9 Å². The zero-order valence-corrected chi connectivity index (χ0v) is 27.6. The average molecular weight is 670 g/mol. The van der Waals surface area contributed by atoms with Gasteiger partial charge in [0.15, 0.2) is 34.6 Å². The summed E-state index contributed by atoms with van der Waals surface area (Å²) in [6, 6.07) is 55.7. The summed E-state index contributed by atoms with van der Waals surface area (Å²) < 4.78 is 15.0. The molecule has 0 unspecified atom stereocenters. The fraction of sp³-hybridized carbons (Fsp3) is 0. The second-order valence-corrected chi connectivity index (χ2v) is 12.9. The van der Waals surface area contributed by atoms with Crippen LogP contribution in [0.1, 0.15) is 0 Å². The van der Waals surface area contributed by atoms with Crippen molar-refractivity contribution in [3.63, 3.8) is 0 Å². The molecule has 52 heavy (non-hydrogen) atoms. The van der Waals surface area contributed by atoms with E-state index in [1.54, 1.807) is 0 Å². The molecule has 0 aliphatic carbocycles. The molecule has 7 nitrogen and oxygen atoms in total. The van der Waals surface area contributed by atoms with Gasteiger partial charge in [-0.05, 0) is 65.7 Å². The number of benzene rings is 7. The molecule has 2 aromatic heterocycles. The van der Waals surface area contributed by atoms with Crippen LogP contribution in [0.15, 0.2) is 164 Å². The van der Waals surface area contributed by atoms with Gasteiger partial charge in [0.1, 0.15) is 5.69 Å². The summed E-state index contributed by atoms with van der Waals surface area (Å²) in [5, 5.41) is 2.22. The summed E-state index contributed by atoms with van der Waals surface area (Å²) in [6.07, 6.45) is 0. The predicted molar refractivity (Wildman–Crippen MR) is 205 cm³/mol. The average Bonchev–Trinajstić information content (AvgIpc) is 3.55. The monoisotopic (exact) mass is 669 g/mol. The van der Waals surface area contributed by atoms with Crippen LogP contribution in [0.4, 0.5) is 17.1 Å². The number of nitrogens with zero attached hydrogens (tertiary/aromatic N) is 5. The Balaban J connectivity index is 1.07. The Morgan fingerprint density at radius 2 is 0.962 bits per heavy atom. The molecule has 0 bridgehead atoms. The van der Waals surface area contributed by atoms with Crippen LogP contribution in [0.5, 0.6) is 23.0 Å². The Morgan fingerprint density at radius 3 is 1.73 bits per heavy atom. The van der Waals surface area contributed by atoms with Crippen LogP contribution in [0, 0.1) is 0 Å². The fourth-order valence-corrected chi connectivity index (χ4v) is 7.45. The highest BCUT2D eigenvalue weighted by Crippen LogP contribution is 2.59. The van der Waals surface area contributed by atoms with E-state index in [-0.39, 0.29) is 0 Å². The minimum absolute atomic E-state index is 0.567. The molecule has 0 saturated heterocycles. The van der Waals surface area contributed by atoms with Crippen molar-refractivity contribution in [3.05, 3.63) is 164 Å². The molecular weight excluding hydrogens is 643 g/mol. The third-order valence-electron chi connectivity index (χ3n) is 9.83. The molecule has 0 fully saturated rings. The molecule has 0 amide bonds. The van der Waals surface area contributed by atoms with Gasteiger partial charge in [0.05, 0.1) is 22.4 Å². The highest BCUT2D eigenvalue weighted by molar-refractivity contribution is 6.10. The van der Waals surface area contributed by atoms with E-state index < -0.39 is 0 Å². The first kappa shape index (κ1) is 28.6. The van der Waals surface area contributed by atoms with Gasteiger partial charge < -0.3 is 9.47 Å². The standard InChI is InChI=1S/C45H27N5O2/c1-3-12-28(13-4-1)43-46-44(29-14-5-2-6-15-29)48-45(47-43)50-34-17-8-7-16-32(34)33-26-30(22-24-35(33)50)31-23-25-37-41(27-31)52-40-21-11-20-39-42(40)49(37)36-18-9-10-19-38(36)51-39/h1-27H. The van der Waals surface area contributed by atoms with Crippen molar-refractivity contribution in [1.82, 2.24) is 19.5 Å². The maximum Gasteiger partial charge on any atom is 0.238 e. The molecule has 9 aromatic rings. The molecule has 0 atom stereocenters. The molecule has 7 aromatic carbocycles. The predicted octanol–water partition coefficient (Wildman–Crippen LogP) is 11.7. The molecule has 0 spiro atoms. The number of rotatable bonds is 4. The summed E-state index contributed by atoms with van der Waals surface area (Å²) in [5.41, 5.74) is 8.89. The summed E-state index contributed by atoms with van der Waals surface area (Å²) in [6.45, 7) is 0. The number of para-hydroxylation sites is 4. The number of hydrogen-bond donors (Lipinski definition) is 0. The summed E-state index contributed by atoms with van der Waals surface area (Å²) in [7, 11) is 0. The van der Waals surface area contributed by atoms with Crippen LogP contribution in [0.25, 0.3) is 61.7 Å². The normalized spacial score (nSPS) is 12.5. The van der Waals surface area contributed by atoms with Crippen molar-refractivity contribution >= 4 is 38.9 Å². The first-order valence-electron chi connectivity index (χ1n) is 17.2. The summed E-state index contributed by atoms with van der Waals surface area (Å²) in [4.78, 5) is 17.3. The van der Waals surface area contributed by atoms with E-state index in [2.05, 4.69) is 76.2 Å². The molecule has 7 heteroatoms. The van der Waals surface area contributed by atoms with Crippen molar-refractivity contribution in [1.29, 1.82) is 0 Å². The van der Waals surface area contributed by atoms with Gasteiger partial charge in [-0.25, -0.2) is 4.98 Å². The molecule has 11 rings (SSSR count). The third-order valence-corrected chi connectivity index (χ3v) is 9.83. The van der Waals surface area contributed by atoms with Crippen LogP contribution in [-0.4, -0.2) is 19.5 Å². The molecule has 0 radical (unpaired) electrons. The van der Waals surface area contributed by atoms with Gasteiger partial charge in [-0.3, -0.25) is 9.47 Å². The quantitative estimate of drug-likeness (QED) is 0.186. The zero-order chi connectivity index (χ0) is 34.2. The highest BCUT2D eigenvalue weighted by atomic mass is 16.5. The minimum atomic E-state index is 0.567. The Kier molecular flexibility index (Phi) is 6.12. The van der Waals surface area contributed by atoms with Crippen LogP contribution in [0.2, 0.25) is 0 Å². The van der Waals surface area contributed by atoms with Crippen LogP contribution in [0.3, 0.4) is 0 Å². The topological polar surface area (TPSA) is 65.3 Å². The van der Waals surface area contributed by atoms with Crippen molar-refractivity contribution in [3.8, 4) is 62.8 Å². The van der Waals surface area contributed by atoms with Gasteiger partial charge in [0.25, 0.3) is 0 Å². The van der Waals surface area contributed by atoms with Crippen molar-refractivity contribution < 1.29 is 9.47 Å². The van der Waals surface area contributed by atoms with E-state index in [9.17, 15) is 0 Å². The molecule has 0 saturated carbocycles. The maximum atomic E-state index is 6.57. The van der Waals surface area contributed by atoms with Crippen LogP contribution < -0.4 is 14.4 Å². The Labute approximate surface area is 298 Å². The zero-order valence-electron chi connectivity index (χ0n) is 27.6. The Morgan fingerprint density at radius 1 is 0.385 bits per heavy atom.